The van der Waals surface area contributed by atoms with Crippen molar-refractivity contribution in [3.63, 3.8) is 0 Å². The van der Waals surface area contributed by atoms with Crippen LogP contribution in [0.2, 0.25) is 0 Å². The van der Waals surface area contributed by atoms with Crippen molar-refractivity contribution in [2.24, 2.45) is 0 Å². The molecular formula is C42H29FN4O. The number of nitrogens with zero attached hydrogens (tertiary/aromatic N) is 4. The average Bonchev–Trinajstić information content (AvgIpc) is 3.74. The number of aromatic nitrogens is 4. The molecule has 5 nitrogen and oxygen atoms in total. The number of hydrogen-bond acceptors (Lipinski definition) is 3. The summed E-state index contributed by atoms with van der Waals surface area (Å²) < 4.78 is 27.5. The van der Waals surface area contributed by atoms with Crippen molar-refractivity contribution in [3.8, 4) is 17.3 Å². The molecule has 10 rings (SSSR count). The van der Waals surface area contributed by atoms with E-state index in [4.69, 9.17) is 9.72 Å². The third-order valence-electron chi connectivity index (χ3n) is 10.2. The second-order valence-electron chi connectivity index (χ2n) is 13.2. The smallest absolute Gasteiger partial charge is 0.150 e. The van der Waals surface area contributed by atoms with E-state index in [0.29, 0.717) is 11.1 Å². The molecule has 0 saturated carbocycles. The molecule has 4 aromatic heterocycles. The van der Waals surface area contributed by atoms with Crippen molar-refractivity contribution in [1.82, 2.24) is 18.9 Å². The molecule has 1 aliphatic heterocycles. The van der Waals surface area contributed by atoms with Crippen LogP contribution in [0.15, 0.2) is 134 Å². The highest BCUT2D eigenvalue weighted by Gasteiger charge is 2.35. The Morgan fingerprint density at radius 1 is 0.604 bits per heavy atom. The van der Waals surface area contributed by atoms with Gasteiger partial charge in [-0.1, -0.05) is 80.6 Å². The number of hydrogen-bond donors (Lipinski definition) is 0. The van der Waals surface area contributed by atoms with E-state index in [1.165, 1.54) is 0 Å². The number of pyridine rings is 2. The quantitative estimate of drug-likeness (QED) is 0.184. The summed E-state index contributed by atoms with van der Waals surface area (Å²) in [7, 11) is 0. The number of rotatable bonds is 3. The minimum atomic E-state index is -1.35. The fourth-order valence-electron chi connectivity index (χ4n) is 7.80. The molecule has 0 saturated heterocycles. The highest BCUT2D eigenvalue weighted by atomic mass is 19.1. The van der Waals surface area contributed by atoms with Gasteiger partial charge in [-0.05, 0) is 59.0 Å². The molecule has 0 fully saturated rings. The molecule has 48 heavy (non-hydrogen) atoms. The summed E-state index contributed by atoms with van der Waals surface area (Å²) in [4.78, 5) is 9.39. The van der Waals surface area contributed by atoms with Crippen LogP contribution in [0.3, 0.4) is 0 Å². The number of ether oxygens (including phenoxy) is 1. The topological polar surface area (TPSA) is 44.4 Å². The first-order valence-corrected chi connectivity index (χ1v) is 16.2. The van der Waals surface area contributed by atoms with Crippen molar-refractivity contribution >= 4 is 49.1 Å². The fraction of sp³-hybridized carbons (Fsp3) is 0.0952. The van der Waals surface area contributed by atoms with Crippen molar-refractivity contribution in [2.45, 2.75) is 25.4 Å². The molecule has 9 aromatic rings. The van der Waals surface area contributed by atoms with Crippen LogP contribution < -0.4 is 4.74 Å². The molecule has 1 aliphatic rings. The SMILES string of the molecule is CC1(C)c2ccccc2Oc2cc3c(cc21)c1ccc(C(F)c2ccc4c5ccccc5n5ccnc5c4c2)cc1n3-c1ccccn1. The molecular weight excluding hydrogens is 595 g/mol. The Hall–Kier alpha value is -6.01. The summed E-state index contributed by atoms with van der Waals surface area (Å²) in [5.41, 5.74) is 6.94. The van der Waals surface area contributed by atoms with Crippen molar-refractivity contribution < 1.29 is 9.13 Å². The van der Waals surface area contributed by atoms with Gasteiger partial charge in [-0.25, -0.2) is 14.4 Å². The Bertz CT molecular complexity index is 2760. The van der Waals surface area contributed by atoms with Crippen LogP contribution in [0.4, 0.5) is 4.39 Å². The molecule has 0 amide bonds. The standard InChI is InChI=1S/C42H29FN4O/c1-42(2)32-10-4-6-12-37(32)48-38-24-36-30(23-33(38)42)29-17-15-26(22-35(29)47(36)39-13-7-8-18-44-39)40(43)25-14-16-27-28-9-3-5-11-34(28)46-20-19-45-41(46)31(27)21-25/h3-24,40H,1-2H3. The maximum atomic E-state index is 16.8. The third kappa shape index (κ3) is 3.71. The lowest BCUT2D eigenvalue weighted by atomic mass is 9.75. The maximum Gasteiger partial charge on any atom is 0.150 e. The van der Waals surface area contributed by atoms with E-state index < -0.39 is 6.17 Å². The van der Waals surface area contributed by atoms with Crippen LogP contribution in [-0.2, 0) is 5.41 Å². The number of benzene rings is 5. The third-order valence-corrected chi connectivity index (χ3v) is 10.2. The molecule has 6 heteroatoms. The monoisotopic (exact) mass is 624 g/mol. The zero-order chi connectivity index (χ0) is 32.1. The predicted molar refractivity (Wildman–Crippen MR) is 190 cm³/mol. The molecule has 230 valence electrons. The minimum absolute atomic E-state index is 0.260. The van der Waals surface area contributed by atoms with Gasteiger partial charge in [0, 0.05) is 62.7 Å². The average molecular weight is 625 g/mol. The first kappa shape index (κ1) is 27.1. The number of para-hydroxylation sites is 2. The van der Waals surface area contributed by atoms with Gasteiger partial charge in [0.05, 0.1) is 16.6 Å². The number of imidazole rings is 1. The summed E-state index contributed by atoms with van der Waals surface area (Å²) in [6.07, 6.45) is 4.20. The first-order chi connectivity index (χ1) is 23.5. The van der Waals surface area contributed by atoms with Crippen LogP contribution in [0, 0.1) is 0 Å². The molecule has 0 N–H and O–H groups in total. The van der Waals surface area contributed by atoms with E-state index in [1.54, 1.807) is 12.4 Å². The van der Waals surface area contributed by atoms with Gasteiger partial charge >= 0.3 is 0 Å². The molecule has 0 radical (unpaired) electrons. The summed E-state index contributed by atoms with van der Waals surface area (Å²) in [6, 6.07) is 38.6. The van der Waals surface area contributed by atoms with Gasteiger partial charge in [0.15, 0.2) is 6.17 Å². The highest BCUT2D eigenvalue weighted by molar-refractivity contribution is 6.12. The molecule has 0 spiro atoms. The van der Waals surface area contributed by atoms with E-state index in [1.807, 2.05) is 79.0 Å². The van der Waals surface area contributed by atoms with Gasteiger partial charge in [0.2, 0.25) is 0 Å². The molecule has 5 aromatic carbocycles. The molecule has 0 aliphatic carbocycles. The number of alkyl halides is 1. The van der Waals surface area contributed by atoms with E-state index >= 15 is 4.39 Å². The summed E-state index contributed by atoms with van der Waals surface area (Å²) in [5, 5.41) is 5.21. The molecule has 0 bridgehead atoms. The number of fused-ring (bicyclic) bond motifs is 11. The van der Waals surface area contributed by atoms with Gasteiger partial charge in [0.1, 0.15) is 23.0 Å². The molecule has 1 unspecified atom stereocenters. The lowest BCUT2D eigenvalue weighted by molar-refractivity contribution is 0.402. The zero-order valence-corrected chi connectivity index (χ0v) is 26.4. The fourth-order valence-corrected chi connectivity index (χ4v) is 7.80. The Morgan fingerprint density at radius 3 is 2.23 bits per heavy atom. The predicted octanol–water partition coefficient (Wildman–Crippen LogP) is 10.6. The van der Waals surface area contributed by atoms with E-state index in [2.05, 4.69) is 70.3 Å². The van der Waals surface area contributed by atoms with E-state index in [9.17, 15) is 0 Å². The molecule has 1 atom stereocenters. The highest BCUT2D eigenvalue weighted by Crippen LogP contribution is 2.50. The van der Waals surface area contributed by atoms with Gasteiger partial charge < -0.3 is 4.74 Å². The Morgan fingerprint density at radius 2 is 1.35 bits per heavy atom. The minimum Gasteiger partial charge on any atom is -0.457 e. The van der Waals surface area contributed by atoms with Gasteiger partial charge in [-0.3, -0.25) is 8.97 Å². The van der Waals surface area contributed by atoms with E-state index in [-0.39, 0.29) is 5.41 Å². The summed E-state index contributed by atoms with van der Waals surface area (Å²) >= 11 is 0. The number of halogens is 1. The molecule has 5 heterocycles. The second kappa shape index (κ2) is 9.75. The van der Waals surface area contributed by atoms with Gasteiger partial charge in [-0.15, -0.1) is 0 Å². The van der Waals surface area contributed by atoms with Crippen LogP contribution in [-0.4, -0.2) is 18.9 Å². The lowest BCUT2D eigenvalue weighted by Crippen LogP contribution is -2.24. The maximum absolute atomic E-state index is 16.8. The Kier molecular flexibility index (Phi) is 5.51. The van der Waals surface area contributed by atoms with Crippen LogP contribution in [0.25, 0.3) is 54.9 Å². The Labute approximate surface area is 275 Å². The zero-order valence-electron chi connectivity index (χ0n) is 26.4. The summed E-state index contributed by atoms with van der Waals surface area (Å²) in [5.74, 6) is 2.46. The van der Waals surface area contributed by atoms with Crippen LogP contribution >= 0.6 is 0 Å². The normalized spacial score (nSPS) is 14.4. The van der Waals surface area contributed by atoms with Crippen molar-refractivity contribution in [1.29, 1.82) is 0 Å². The largest absolute Gasteiger partial charge is 0.457 e. The second-order valence-corrected chi connectivity index (χ2v) is 13.2. The lowest BCUT2D eigenvalue weighted by Gasteiger charge is -2.34. The van der Waals surface area contributed by atoms with Crippen LogP contribution in [0.5, 0.6) is 11.5 Å². The van der Waals surface area contributed by atoms with Crippen molar-refractivity contribution in [3.05, 3.63) is 156 Å². The van der Waals surface area contributed by atoms with E-state index in [0.717, 1.165) is 77.6 Å². The van der Waals surface area contributed by atoms with Crippen molar-refractivity contribution in [2.75, 3.05) is 0 Å². The Balaban J connectivity index is 1.17. The summed E-state index contributed by atoms with van der Waals surface area (Å²) in [6.45, 7) is 4.48. The first-order valence-electron chi connectivity index (χ1n) is 16.2. The van der Waals surface area contributed by atoms with Crippen LogP contribution in [0.1, 0.15) is 42.3 Å². The van der Waals surface area contributed by atoms with Gasteiger partial charge in [-0.2, -0.15) is 0 Å². The van der Waals surface area contributed by atoms with Gasteiger partial charge in [0.25, 0.3) is 0 Å².